The summed E-state index contributed by atoms with van der Waals surface area (Å²) < 4.78 is 0. The Morgan fingerprint density at radius 3 is 2.22 bits per heavy atom. The molecule has 0 aliphatic carbocycles. The lowest BCUT2D eigenvalue weighted by Crippen LogP contribution is -2.36. The first kappa shape index (κ1) is 27.9. The molecule has 0 radical (unpaired) electrons. The van der Waals surface area contributed by atoms with Crippen molar-refractivity contribution in [3.63, 3.8) is 0 Å². The maximum Gasteiger partial charge on any atom is 0.328 e. The summed E-state index contributed by atoms with van der Waals surface area (Å²) in [6.45, 7) is 5.21. The lowest BCUT2D eigenvalue weighted by molar-refractivity contribution is -0.131. The summed E-state index contributed by atoms with van der Waals surface area (Å²) >= 11 is 0. The van der Waals surface area contributed by atoms with Gasteiger partial charge >= 0.3 is 5.97 Å². The van der Waals surface area contributed by atoms with Crippen LogP contribution in [0, 0.1) is 0 Å². The summed E-state index contributed by atoms with van der Waals surface area (Å²) in [5.74, 6) is -0.339. The average Bonchev–Trinajstić information content (AvgIpc) is 3.22. The van der Waals surface area contributed by atoms with Crippen molar-refractivity contribution >= 4 is 17.7 Å². The van der Waals surface area contributed by atoms with E-state index in [9.17, 15) is 9.59 Å². The molecular weight excluding hydrogens is 402 g/mol. The first-order valence-corrected chi connectivity index (χ1v) is 12.8. The zero-order chi connectivity index (χ0) is 23.3. The van der Waals surface area contributed by atoms with Crippen molar-refractivity contribution in [3.05, 3.63) is 24.3 Å². The van der Waals surface area contributed by atoms with Gasteiger partial charge in [0.05, 0.1) is 12.4 Å². The van der Waals surface area contributed by atoms with E-state index < -0.39 is 5.97 Å². The third-order valence-electron chi connectivity index (χ3n) is 5.75. The van der Waals surface area contributed by atoms with Crippen LogP contribution in [-0.2, 0) is 9.59 Å². The first-order chi connectivity index (χ1) is 15.6. The van der Waals surface area contributed by atoms with E-state index in [1.807, 2.05) is 0 Å². The van der Waals surface area contributed by atoms with Gasteiger partial charge in [-0.05, 0) is 32.1 Å². The molecule has 1 aliphatic rings. The molecule has 1 aliphatic heterocycles. The number of carboxylic acids is 1. The minimum Gasteiger partial charge on any atom is -0.478 e. The molecule has 1 heterocycles. The van der Waals surface area contributed by atoms with Gasteiger partial charge in [0.1, 0.15) is 0 Å². The second-order valence-corrected chi connectivity index (χ2v) is 8.58. The van der Waals surface area contributed by atoms with Gasteiger partial charge in [-0.15, -0.1) is 0 Å². The molecule has 32 heavy (non-hydrogen) atoms. The highest BCUT2D eigenvalue weighted by molar-refractivity contribution is 5.93. The topological polar surface area (TPSA) is 82.0 Å². The molecule has 0 saturated heterocycles. The molecule has 6 nitrogen and oxygen atoms in total. The summed E-state index contributed by atoms with van der Waals surface area (Å²) in [7, 11) is 0. The Morgan fingerprint density at radius 2 is 1.56 bits per heavy atom. The van der Waals surface area contributed by atoms with Crippen molar-refractivity contribution < 1.29 is 14.7 Å². The van der Waals surface area contributed by atoms with Crippen LogP contribution in [0.5, 0.6) is 0 Å². The smallest absolute Gasteiger partial charge is 0.328 e. The fourth-order valence-corrected chi connectivity index (χ4v) is 3.88. The Hall–Kier alpha value is -2.11. The Labute approximate surface area is 195 Å². The summed E-state index contributed by atoms with van der Waals surface area (Å²) in [5.41, 5.74) is 0. The van der Waals surface area contributed by atoms with Crippen LogP contribution >= 0.6 is 0 Å². The number of allylic oxidation sites excluding steroid dienone is 2. The number of amides is 1. The highest BCUT2D eigenvalue weighted by Crippen LogP contribution is 2.12. The van der Waals surface area contributed by atoms with Crippen LogP contribution in [-0.4, -0.2) is 53.9 Å². The van der Waals surface area contributed by atoms with Crippen LogP contribution in [0.2, 0.25) is 0 Å². The van der Waals surface area contributed by atoms with Gasteiger partial charge in [0.15, 0.2) is 0 Å². The number of carboxylic acid groups (broad SMARTS) is 1. The minimum absolute atomic E-state index is 0.373. The molecule has 0 bridgehead atoms. The number of aliphatic carboxylic acids is 1. The van der Waals surface area contributed by atoms with E-state index in [4.69, 9.17) is 5.11 Å². The van der Waals surface area contributed by atoms with Crippen LogP contribution in [0.25, 0.3) is 0 Å². The average molecular weight is 448 g/mol. The normalized spacial score (nSPS) is 13.9. The zero-order valence-electron chi connectivity index (χ0n) is 20.2. The highest BCUT2D eigenvalue weighted by Gasteiger charge is 2.15. The molecule has 0 spiro atoms. The van der Waals surface area contributed by atoms with Crippen molar-refractivity contribution in [2.24, 2.45) is 4.99 Å². The monoisotopic (exact) mass is 447 g/mol. The van der Waals surface area contributed by atoms with E-state index in [1.165, 1.54) is 77.0 Å². The number of hydrogen-bond acceptors (Lipinski definition) is 4. The number of carbonyl (C=O) groups is 2. The summed E-state index contributed by atoms with van der Waals surface area (Å²) in [5, 5.41) is 11.2. The summed E-state index contributed by atoms with van der Waals surface area (Å²) in [4.78, 5) is 28.8. The molecule has 6 heteroatoms. The number of rotatable bonds is 20. The predicted octanol–water partition coefficient (Wildman–Crippen LogP) is 5.50. The third-order valence-corrected chi connectivity index (χ3v) is 5.75. The SMILES string of the molecule is CCCCCCCC/C=C/CCCCCCCC1=NCCN1CCNC(=O)/C=C/C(=O)O. The van der Waals surface area contributed by atoms with E-state index in [1.54, 1.807) is 0 Å². The Bertz CT molecular complexity index is 599. The van der Waals surface area contributed by atoms with Crippen molar-refractivity contribution in [3.8, 4) is 0 Å². The summed E-state index contributed by atoms with van der Waals surface area (Å²) in [6.07, 6.45) is 24.6. The van der Waals surface area contributed by atoms with E-state index in [2.05, 4.69) is 34.3 Å². The van der Waals surface area contributed by atoms with Crippen molar-refractivity contribution in [2.75, 3.05) is 26.2 Å². The lowest BCUT2D eigenvalue weighted by Gasteiger charge is -2.20. The van der Waals surface area contributed by atoms with Crippen LogP contribution in [0.3, 0.4) is 0 Å². The van der Waals surface area contributed by atoms with Gasteiger partial charge in [0.25, 0.3) is 0 Å². The Balaban J connectivity index is 1.96. The van der Waals surface area contributed by atoms with E-state index in [0.29, 0.717) is 6.54 Å². The lowest BCUT2D eigenvalue weighted by atomic mass is 10.1. The van der Waals surface area contributed by atoms with Crippen molar-refractivity contribution in [1.29, 1.82) is 0 Å². The molecule has 182 valence electrons. The molecule has 0 aromatic carbocycles. The molecule has 2 N–H and O–H groups in total. The van der Waals surface area contributed by atoms with Crippen LogP contribution in [0.1, 0.15) is 96.8 Å². The molecule has 1 rings (SSSR count). The zero-order valence-corrected chi connectivity index (χ0v) is 20.2. The molecule has 0 aromatic rings. The molecule has 0 saturated carbocycles. The van der Waals surface area contributed by atoms with Crippen LogP contribution in [0.4, 0.5) is 0 Å². The van der Waals surface area contributed by atoms with E-state index in [-0.39, 0.29) is 5.91 Å². The molecular formula is C26H45N3O3. The van der Waals surface area contributed by atoms with Crippen LogP contribution in [0.15, 0.2) is 29.3 Å². The molecule has 0 unspecified atom stereocenters. The number of nitrogens with zero attached hydrogens (tertiary/aromatic N) is 2. The number of unbranched alkanes of at least 4 members (excludes halogenated alkanes) is 11. The number of hydrogen-bond donors (Lipinski definition) is 2. The fraction of sp³-hybridized carbons (Fsp3) is 0.731. The second-order valence-electron chi connectivity index (χ2n) is 8.58. The molecule has 0 atom stereocenters. The molecule has 1 amide bonds. The Morgan fingerprint density at radius 1 is 0.938 bits per heavy atom. The highest BCUT2D eigenvalue weighted by atomic mass is 16.4. The molecule has 0 fully saturated rings. The van der Waals surface area contributed by atoms with E-state index in [0.717, 1.165) is 50.5 Å². The third kappa shape index (κ3) is 15.7. The minimum atomic E-state index is -1.12. The maximum atomic E-state index is 11.5. The predicted molar refractivity (Wildman–Crippen MR) is 133 cm³/mol. The number of amidine groups is 1. The standard InChI is InChI=1S/C26H45N3O3/c1-2-3-4-5-6-7-8-9-10-11-12-13-14-15-16-17-24-27-20-22-29(24)23-21-28-25(30)18-19-26(31)32/h9-10,18-19H,2-8,11-17,20-23H2,1H3,(H,28,30)(H,31,32)/b10-9+,19-18+. The van der Waals surface area contributed by atoms with E-state index >= 15 is 0 Å². The van der Waals surface area contributed by atoms with Crippen molar-refractivity contribution in [1.82, 2.24) is 10.2 Å². The van der Waals surface area contributed by atoms with Gasteiger partial charge in [0.2, 0.25) is 5.91 Å². The number of aliphatic imine (C=N–C) groups is 1. The van der Waals surface area contributed by atoms with Crippen LogP contribution < -0.4 is 5.32 Å². The number of carbonyl (C=O) groups excluding carboxylic acids is 1. The van der Waals surface area contributed by atoms with Gasteiger partial charge in [-0.25, -0.2) is 4.79 Å². The quantitative estimate of drug-likeness (QED) is 0.147. The largest absolute Gasteiger partial charge is 0.478 e. The van der Waals surface area contributed by atoms with Gasteiger partial charge in [-0.3, -0.25) is 9.79 Å². The number of nitrogens with one attached hydrogen (secondary N) is 1. The molecule has 0 aromatic heterocycles. The first-order valence-electron chi connectivity index (χ1n) is 12.8. The summed E-state index contributed by atoms with van der Waals surface area (Å²) in [6, 6.07) is 0. The van der Waals surface area contributed by atoms with Gasteiger partial charge in [0, 0.05) is 38.2 Å². The fourth-order valence-electron chi connectivity index (χ4n) is 3.88. The van der Waals surface area contributed by atoms with Gasteiger partial charge in [-0.1, -0.05) is 70.4 Å². The van der Waals surface area contributed by atoms with Crippen molar-refractivity contribution in [2.45, 2.75) is 96.8 Å². The Kier molecular flexibility index (Phi) is 17.1. The van der Waals surface area contributed by atoms with Gasteiger partial charge < -0.3 is 15.3 Å². The maximum absolute atomic E-state index is 11.5. The van der Waals surface area contributed by atoms with Gasteiger partial charge in [-0.2, -0.15) is 0 Å². The second kappa shape index (κ2) is 19.6.